The molecular formula is C18H30N4O11S3. The molecule has 1 aliphatic rings. The van der Waals surface area contributed by atoms with Gasteiger partial charge in [0.25, 0.3) is 25.9 Å². The van der Waals surface area contributed by atoms with Crippen LogP contribution in [0.25, 0.3) is 0 Å². The molecule has 206 valence electrons. The van der Waals surface area contributed by atoms with Crippen molar-refractivity contribution in [3.05, 3.63) is 28.3 Å². The Balaban J connectivity index is 2.45. The quantitative estimate of drug-likeness (QED) is 0.156. The molecular weight excluding hydrogens is 544 g/mol. The van der Waals surface area contributed by atoms with Gasteiger partial charge in [-0.05, 0) is 6.07 Å². The van der Waals surface area contributed by atoms with Gasteiger partial charge < -0.3 is 10.0 Å². The smallest absolute Gasteiger partial charge is 0.270 e. The maximum absolute atomic E-state index is 13.6. The van der Waals surface area contributed by atoms with E-state index in [4.69, 9.17) is 13.5 Å². The summed E-state index contributed by atoms with van der Waals surface area (Å²) in [6.45, 7) is -0.0160. The van der Waals surface area contributed by atoms with Crippen molar-refractivity contribution in [2.24, 2.45) is 0 Å². The van der Waals surface area contributed by atoms with Gasteiger partial charge in [0.05, 0.1) is 42.9 Å². The fourth-order valence-electron chi connectivity index (χ4n) is 3.51. The molecule has 0 spiro atoms. The molecule has 0 bridgehead atoms. The maximum Gasteiger partial charge on any atom is 0.270 e. The van der Waals surface area contributed by atoms with Crippen LogP contribution in [0.1, 0.15) is 0 Å². The Kier molecular flexibility index (Phi) is 10.6. The molecule has 1 heterocycles. The number of anilines is 1. The number of β-amino-alcohol motifs (C(OH)–C–C–N with tert-alkyl or cyclic N) is 1. The lowest BCUT2D eigenvalue weighted by atomic mass is 10.2. The lowest BCUT2D eigenvalue weighted by Crippen LogP contribution is -2.49. The fourth-order valence-corrected chi connectivity index (χ4v) is 5.92. The topological polar surface area (TPSA) is 194 Å². The third-order valence-corrected chi connectivity index (χ3v) is 8.29. The molecule has 1 saturated heterocycles. The Labute approximate surface area is 210 Å². The van der Waals surface area contributed by atoms with E-state index in [-0.39, 0.29) is 38.5 Å². The fraction of sp³-hybridized carbons (Fsp3) is 0.667. The number of sulfonamides is 1. The molecule has 2 rings (SSSR count). The molecule has 0 aliphatic carbocycles. The molecule has 0 atom stereocenters. The second-order valence-electron chi connectivity index (χ2n) is 7.92. The number of nitrogens with zero attached hydrogens (tertiary/aromatic N) is 4. The monoisotopic (exact) mass is 574 g/mol. The summed E-state index contributed by atoms with van der Waals surface area (Å²) in [7, 11) is -11.9. The summed E-state index contributed by atoms with van der Waals surface area (Å²) in [5.41, 5.74) is -0.483. The number of aliphatic hydroxyl groups excluding tert-OH is 1. The Morgan fingerprint density at radius 2 is 1.50 bits per heavy atom. The number of piperazine rings is 1. The highest BCUT2D eigenvalue weighted by Crippen LogP contribution is 2.32. The molecule has 0 unspecified atom stereocenters. The molecule has 0 radical (unpaired) electrons. The number of hydrogen-bond donors (Lipinski definition) is 1. The van der Waals surface area contributed by atoms with Crippen molar-refractivity contribution in [2.75, 3.05) is 83.0 Å². The number of nitro groups is 1. The van der Waals surface area contributed by atoms with Gasteiger partial charge in [-0.25, -0.2) is 8.42 Å². The average molecular weight is 575 g/mol. The summed E-state index contributed by atoms with van der Waals surface area (Å²) < 4.78 is 83.3. The van der Waals surface area contributed by atoms with Crippen LogP contribution in [0.2, 0.25) is 0 Å². The highest BCUT2D eigenvalue weighted by molar-refractivity contribution is 7.89. The van der Waals surface area contributed by atoms with Crippen molar-refractivity contribution >= 4 is 41.6 Å². The largest absolute Gasteiger partial charge is 0.395 e. The van der Waals surface area contributed by atoms with Gasteiger partial charge in [0.1, 0.15) is 4.90 Å². The molecule has 1 N–H and O–H groups in total. The molecule has 1 aromatic rings. The first-order chi connectivity index (χ1) is 16.6. The summed E-state index contributed by atoms with van der Waals surface area (Å²) in [6, 6.07) is 3.20. The van der Waals surface area contributed by atoms with Gasteiger partial charge in [0.15, 0.2) is 0 Å². The maximum atomic E-state index is 13.6. The number of hydrogen-bond acceptors (Lipinski definition) is 13. The molecule has 1 aliphatic heterocycles. The van der Waals surface area contributed by atoms with E-state index in [1.54, 1.807) is 0 Å². The Hall–Kier alpha value is -1.93. The van der Waals surface area contributed by atoms with E-state index < -0.39 is 59.0 Å². The second-order valence-corrected chi connectivity index (χ2v) is 13.1. The molecule has 36 heavy (non-hydrogen) atoms. The summed E-state index contributed by atoms with van der Waals surface area (Å²) in [5, 5.41) is 20.5. The van der Waals surface area contributed by atoms with Crippen LogP contribution in [0.4, 0.5) is 11.4 Å². The van der Waals surface area contributed by atoms with Crippen LogP contribution >= 0.6 is 0 Å². The SMILES string of the molecule is CS(=O)(=O)OCCN(CCOS(C)(=O)=O)c1ccc([N+](=O)[O-])cc1S(=O)(=O)N1CCN(CCO)CC1. The predicted molar refractivity (Wildman–Crippen MR) is 129 cm³/mol. The molecule has 1 aromatic carbocycles. The minimum Gasteiger partial charge on any atom is -0.395 e. The lowest BCUT2D eigenvalue weighted by Gasteiger charge is -2.34. The summed E-state index contributed by atoms with van der Waals surface area (Å²) >= 11 is 0. The van der Waals surface area contributed by atoms with E-state index in [1.807, 2.05) is 4.90 Å². The van der Waals surface area contributed by atoms with E-state index >= 15 is 0 Å². The molecule has 0 amide bonds. The summed E-state index contributed by atoms with van der Waals surface area (Å²) in [6.07, 6.45) is 1.67. The Morgan fingerprint density at radius 3 is 1.94 bits per heavy atom. The number of non-ortho nitro benzene ring substituents is 1. The van der Waals surface area contributed by atoms with Gasteiger partial charge in [0.2, 0.25) is 10.0 Å². The summed E-state index contributed by atoms with van der Waals surface area (Å²) in [5.74, 6) is 0. The van der Waals surface area contributed by atoms with Gasteiger partial charge in [-0.1, -0.05) is 0 Å². The summed E-state index contributed by atoms with van der Waals surface area (Å²) in [4.78, 5) is 13.5. The molecule has 0 saturated carbocycles. The molecule has 0 aromatic heterocycles. The van der Waals surface area contributed by atoms with E-state index in [1.165, 1.54) is 15.3 Å². The lowest BCUT2D eigenvalue weighted by molar-refractivity contribution is -0.385. The minimum absolute atomic E-state index is 0.00686. The third kappa shape index (κ3) is 9.18. The highest BCUT2D eigenvalue weighted by atomic mass is 32.2. The average Bonchev–Trinajstić information content (AvgIpc) is 2.76. The zero-order valence-corrected chi connectivity index (χ0v) is 22.3. The van der Waals surface area contributed by atoms with Crippen molar-refractivity contribution in [1.29, 1.82) is 0 Å². The Morgan fingerprint density at radius 1 is 0.972 bits per heavy atom. The van der Waals surface area contributed by atoms with Crippen LogP contribution in [-0.4, -0.2) is 123 Å². The number of nitro benzene ring substituents is 1. The highest BCUT2D eigenvalue weighted by Gasteiger charge is 2.33. The van der Waals surface area contributed by atoms with Gasteiger partial charge in [-0.15, -0.1) is 0 Å². The molecule has 18 heteroatoms. The second kappa shape index (κ2) is 12.5. The first kappa shape index (κ1) is 30.3. The van der Waals surface area contributed by atoms with Crippen molar-refractivity contribution in [3.8, 4) is 0 Å². The standard InChI is InChI=1S/C18H30N4O11S3/c1-34(26,27)32-13-10-20(11-14-33-35(2,28)29)17-4-3-16(22(24)25)15-18(17)36(30,31)21-7-5-19(6-8-21)9-12-23/h3-4,15,23H,5-14H2,1-2H3. The normalized spacial score (nSPS) is 16.2. The third-order valence-electron chi connectivity index (χ3n) is 5.18. The van der Waals surface area contributed by atoms with Crippen LogP contribution in [-0.2, 0) is 38.6 Å². The van der Waals surface area contributed by atoms with Crippen molar-refractivity contribution in [3.63, 3.8) is 0 Å². The van der Waals surface area contributed by atoms with Crippen LogP contribution in [0, 0.1) is 10.1 Å². The van der Waals surface area contributed by atoms with Crippen molar-refractivity contribution < 1.29 is 43.6 Å². The number of aliphatic hydroxyl groups is 1. The van der Waals surface area contributed by atoms with Crippen LogP contribution in [0.15, 0.2) is 23.1 Å². The van der Waals surface area contributed by atoms with Gasteiger partial charge in [-0.3, -0.25) is 23.4 Å². The van der Waals surface area contributed by atoms with Gasteiger partial charge in [0, 0.05) is 57.9 Å². The van der Waals surface area contributed by atoms with Gasteiger partial charge >= 0.3 is 0 Å². The van der Waals surface area contributed by atoms with E-state index in [2.05, 4.69) is 0 Å². The zero-order valence-electron chi connectivity index (χ0n) is 19.8. The van der Waals surface area contributed by atoms with E-state index in [0.717, 1.165) is 24.6 Å². The zero-order chi connectivity index (χ0) is 27.1. The van der Waals surface area contributed by atoms with Crippen LogP contribution in [0.5, 0.6) is 0 Å². The van der Waals surface area contributed by atoms with Crippen molar-refractivity contribution in [2.45, 2.75) is 4.90 Å². The Bertz CT molecular complexity index is 1190. The minimum atomic E-state index is -4.26. The first-order valence-corrected chi connectivity index (χ1v) is 15.8. The molecule has 1 fully saturated rings. The number of rotatable bonds is 14. The van der Waals surface area contributed by atoms with Crippen LogP contribution in [0.3, 0.4) is 0 Å². The predicted octanol–water partition coefficient (Wildman–Crippen LogP) is -1.35. The van der Waals surface area contributed by atoms with Gasteiger partial charge in [-0.2, -0.15) is 21.1 Å². The van der Waals surface area contributed by atoms with Crippen molar-refractivity contribution in [1.82, 2.24) is 9.21 Å². The first-order valence-electron chi connectivity index (χ1n) is 10.7. The number of benzene rings is 1. The molecule has 15 nitrogen and oxygen atoms in total. The van der Waals surface area contributed by atoms with Crippen LogP contribution < -0.4 is 4.90 Å². The van der Waals surface area contributed by atoms with E-state index in [9.17, 15) is 35.4 Å². The van der Waals surface area contributed by atoms with E-state index in [0.29, 0.717) is 19.6 Å².